The molecule has 4 unspecified atom stereocenters. The summed E-state index contributed by atoms with van der Waals surface area (Å²) in [6.07, 6.45) is -0.187. The van der Waals surface area contributed by atoms with E-state index in [2.05, 4.69) is 15.6 Å². The average molecular weight is 582 g/mol. The van der Waals surface area contributed by atoms with E-state index in [9.17, 15) is 39.0 Å². The number of aliphatic carboxylic acids is 3. The van der Waals surface area contributed by atoms with Gasteiger partial charge >= 0.3 is 17.9 Å². The standard InChI is InChI=1S/C28H31N5O9/c29-18(10-15-6-2-1-3-7-15)25(38)31-20(11-16-14-30-19-9-5-4-8-17(16)19)26(39)32-21(12-23(34)35)27(40)33-22(28(41)42)13-24(36)37/h1-9,14,18,20-22,30H,10-13,29H2,(H,31,38)(H,32,39)(H,33,40)(H,34,35)(H,36,37)(H,41,42). The highest BCUT2D eigenvalue weighted by atomic mass is 16.4. The molecule has 0 spiro atoms. The van der Waals surface area contributed by atoms with E-state index in [0.29, 0.717) is 5.56 Å². The van der Waals surface area contributed by atoms with Crippen molar-refractivity contribution in [1.82, 2.24) is 20.9 Å². The smallest absolute Gasteiger partial charge is 0.326 e. The normalized spacial score (nSPS) is 13.7. The van der Waals surface area contributed by atoms with Gasteiger partial charge in [-0.05, 0) is 23.6 Å². The highest BCUT2D eigenvalue weighted by Gasteiger charge is 2.32. The van der Waals surface area contributed by atoms with E-state index in [1.807, 2.05) is 11.4 Å². The number of nitrogens with two attached hydrogens (primary N) is 1. The van der Waals surface area contributed by atoms with E-state index in [0.717, 1.165) is 16.5 Å². The minimum Gasteiger partial charge on any atom is -0.481 e. The lowest BCUT2D eigenvalue weighted by Crippen LogP contribution is -2.58. The van der Waals surface area contributed by atoms with Crippen LogP contribution >= 0.6 is 0 Å². The maximum Gasteiger partial charge on any atom is 0.326 e. The number of para-hydroxylation sites is 1. The highest BCUT2D eigenvalue weighted by molar-refractivity contribution is 5.96. The van der Waals surface area contributed by atoms with Gasteiger partial charge in [0.05, 0.1) is 18.9 Å². The Hall–Kier alpha value is -5.24. The third-order valence-corrected chi connectivity index (χ3v) is 6.37. The summed E-state index contributed by atoms with van der Waals surface area (Å²) in [5, 5.41) is 35.1. The highest BCUT2D eigenvalue weighted by Crippen LogP contribution is 2.19. The molecule has 14 heteroatoms. The summed E-state index contributed by atoms with van der Waals surface area (Å²) in [6.45, 7) is 0. The Morgan fingerprint density at radius 3 is 1.88 bits per heavy atom. The first-order valence-electron chi connectivity index (χ1n) is 12.9. The molecule has 3 aromatic rings. The fourth-order valence-corrected chi connectivity index (χ4v) is 4.27. The molecule has 0 radical (unpaired) electrons. The SMILES string of the molecule is NC(Cc1ccccc1)C(=O)NC(Cc1c[nH]c2ccccc12)C(=O)NC(CC(=O)O)C(=O)NC(CC(=O)O)C(=O)O. The van der Waals surface area contributed by atoms with Gasteiger partial charge in [-0.25, -0.2) is 4.79 Å². The van der Waals surface area contributed by atoms with Crippen LogP contribution in [-0.2, 0) is 41.6 Å². The van der Waals surface area contributed by atoms with Crippen LogP contribution in [0.5, 0.6) is 0 Å². The second-order valence-corrected chi connectivity index (χ2v) is 9.58. The molecule has 14 nitrogen and oxygen atoms in total. The van der Waals surface area contributed by atoms with Gasteiger partial charge in [0.25, 0.3) is 0 Å². The van der Waals surface area contributed by atoms with E-state index < -0.39 is 72.6 Å². The summed E-state index contributed by atoms with van der Waals surface area (Å²) in [4.78, 5) is 76.2. The summed E-state index contributed by atoms with van der Waals surface area (Å²) in [7, 11) is 0. The lowest BCUT2D eigenvalue weighted by molar-refractivity contribution is -0.148. The number of hydrogen-bond acceptors (Lipinski definition) is 7. The van der Waals surface area contributed by atoms with Crippen molar-refractivity contribution in [2.75, 3.05) is 0 Å². The first-order chi connectivity index (χ1) is 19.9. The first-order valence-corrected chi connectivity index (χ1v) is 12.9. The van der Waals surface area contributed by atoms with Crippen molar-refractivity contribution < 1.29 is 44.1 Å². The molecule has 0 aliphatic heterocycles. The van der Waals surface area contributed by atoms with Crippen molar-refractivity contribution in [2.45, 2.75) is 49.9 Å². The second-order valence-electron chi connectivity index (χ2n) is 9.58. The number of carbonyl (C=O) groups excluding carboxylic acids is 3. The van der Waals surface area contributed by atoms with Crippen LogP contribution in [0.3, 0.4) is 0 Å². The number of benzene rings is 2. The fraction of sp³-hybridized carbons (Fsp3) is 0.286. The molecule has 0 aliphatic carbocycles. The Morgan fingerprint density at radius 2 is 1.24 bits per heavy atom. The van der Waals surface area contributed by atoms with Crippen molar-refractivity contribution in [3.8, 4) is 0 Å². The van der Waals surface area contributed by atoms with Gasteiger partial charge in [-0.3, -0.25) is 24.0 Å². The van der Waals surface area contributed by atoms with Gasteiger partial charge in [0, 0.05) is 23.5 Å². The number of hydrogen-bond donors (Lipinski definition) is 8. The van der Waals surface area contributed by atoms with Crippen LogP contribution in [0.25, 0.3) is 10.9 Å². The first kappa shape index (κ1) is 31.3. The van der Waals surface area contributed by atoms with Gasteiger partial charge in [-0.15, -0.1) is 0 Å². The zero-order chi connectivity index (χ0) is 30.8. The van der Waals surface area contributed by atoms with Gasteiger partial charge in [0.2, 0.25) is 17.7 Å². The molecular formula is C28H31N5O9. The van der Waals surface area contributed by atoms with Crippen molar-refractivity contribution >= 4 is 46.5 Å². The fourth-order valence-electron chi connectivity index (χ4n) is 4.27. The van der Waals surface area contributed by atoms with Crippen molar-refractivity contribution in [2.24, 2.45) is 5.73 Å². The number of aromatic nitrogens is 1. The molecule has 3 rings (SSSR count). The van der Waals surface area contributed by atoms with Crippen LogP contribution in [0, 0.1) is 0 Å². The predicted octanol–water partition coefficient (Wildman–Crippen LogP) is -0.231. The van der Waals surface area contributed by atoms with Gasteiger partial charge in [0.15, 0.2) is 0 Å². The third-order valence-electron chi connectivity index (χ3n) is 6.37. The van der Waals surface area contributed by atoms with Gasteiger partial charge in [-0.2, -0.15) is 0 Å². The molecule has 1 aromatic heterocycles. The van der Waals surface area contributed by atoms with Gasteiger partial charge in [0.1, 0.15) is 18.1 Å². The molecule has 3 amide bonds. The lowest BCUT2D eigenvalue weighted by Gasteiger charge is -2.24. The van der Waals surface area contributed by atoms with Gasteiger partial charge < -0.3 is 42.0 Å². The van der Waals surface area contributed by atoms with Crippen LogP contribution in [0.15, 0.2) is 60.8 Å². The quantitative estimate of drug-likeness (QED) is 0.117. The van der Waals surface area contributed by atoms with Crippen LogP contribution in [-0.4, -0.2) is 80.1 Å². The number of rotatable bonds is 15. The molecule has 0 saturated heterocycles. The maximum absolute atomic E-state index is 13.5. The van der Waals surface area contributed by atoms with E-state index in [1.165, 1.54) is 0 Å². The molecule has 42 heavy (non-hydrogen) atoms. The molecule has 0 fully saturated rings. The molecule has 9 N–H and O–H groups in total. The number of carboxylic acids is 3. The van der Waals surface area contributed by atoms with E-state index in [4.69, 9.17) is 10.8 Å². The average Bonchev–Trinajstić information content (AvgIpc) is 3.34. The van der Waals surface area contributed by atoms with E-state index in [1.54, 1.807) is 54.7 Å². The van der Waals surface area contributed by atoms with Crippen LogP contribution in [0.2, 0.25) is 0 Å². The Balaban J connectivity index is 1.84. The lowest BCUT2D eigenvalue weighted by atomic mass is 10.0. The number of H-pyrrole nitrogens is 1. The number of fused-ring (bicyclic) bond motifs is 1. The van der Waals surface area contributed by atoms with Crippen LogP contribution < -0.4 is 21.7 Å². The summed E-state index contributed by atoms with van der Waals surface area (Å²) < 4.78 is 0. The van der Waals surface area contributed by atoms with Crippen molar-refractivity contribution in [3.05, 3.63) is 71.9 Å². The Morgan fingerprint density at radius 1 is 0.690 bits per heavy atom. The minimum absolute atomic E-state index is 0.0716. The Kier molecular flexibility index (Phi) is 10.7. The number of nitrogens with one attached hydrogen (secondary N) is 4. The van der Waals surface area contributed by atoms with Crippen LogP contribution in [0.4, 0.5) is 0 Å². The van der Waals surface area contributed by atoms with Crippen molar-refractivity contribution in [1.29, 1.82) is 0 Å². The number of amides is 3. The summed E-state index contributed by atoms with van der Waals surface area (Å²) in [6, 6.07) is 10.1. The largest absolute Gasteiger partial charge is 0.481 e. The number of carboxylic acid groups (broad SMARTS) is 3. The molecule has 2 aromatic carbocycles. The molecular weight excluding hydrogens is 550 g/mol. The molecule has 1 heterocycles. The zero-order valence-corrected chi connectivity index (χ0v) is 22.3. The van der Waals surface area contributed by atoms with Crippen molar-refractivity contribution in [3.63, 3.8) is 0 Å². The second kappa shape index (κ2) is 14.4. The van der Waals surface area contributed by atoms with E-state index in [-0.39, 0.29) is 12.8 Å². The molecule has 0 saturated carbocycles. The third kappa shape index (κ3) is 8.89. The number of carbonyl (C=O) groups is 6. The molecule has 222 valence electrons. The zero-order valence-electron chi connectivity index (χ0n) is 22.3. The molecule has 0 bridgehead atoms. The van der Waals surface area contributed by atoms with E-state index >= 15 is 0 Å². The van der Waals surface area contributed by atoms with Gasteiger partial charge in [-0.1, -0.05) is 48.5 Å². The number of aromatic amines is 1. The van der Waals surface area contributed by atoms with Crippen LogP contribution in [0.1, 0.15) is 24.0 Å². The Labute approximate surface area is 239 Å². The summed E-state index contributed by atoms with van der Waals surface area (Å²) >= 11 is 0. The monoisotopic (exact) mass is 581 g/mol. The Bertz CT molecular complexity index is 1460. The molecule has 4 atom stereocenters. The minimum atomic E-state index is -1.87. The summed E-state index contributed by atoms with van der Waals surface area (Å²) in [5.41, 5.74) is 8.28. The molecule has 0 aliphatic rings. The summed E-state index contributed by atoms with van der Waals surface area (Å²) in [5.74, 6) is -7.52. The topological polar surface area (TPSA) is 241 Å². The maximum atomic E-state index is 13.5. The predicted molar refractivity (Wildman–Crippen MR) is 148 cm³/mol.